The van der Waals surface area contributed by atoms with E-state index in [-0.39, 0.29) is 23.1 Å². The smallest absolute Gasteiger partial charge is 0.276 e. The number of amides is 1. The summed E-state index contributed by atoms with van der Waals surface area (Å²) in [5.41, 5.74) is 10.1. The van der Waals surface area contributed by atoms with Crippen molar-refractivity contribution in [2.75, 3.05) is 11.1 Å². The fraction of sp³-hybridized carbons (Fsp3) is 0.115. The van der Waals surface area contributed by atoms with Gasteiger partial charge < -0.3 is 15.8 Å². The summed E-state index contributed by atoms with van der Waals surface area (Å²) in [4.78, 5) is 25.1. The van der Waals surface area contributed by atoms with Crippen molar-refractivity contribution in [1.29, 1.82) is 0 Å². The first-order valence-corrected chi connectivity index (χ1v) is 11.1. The summed E-state index contributed by atoms with van der Waals surface area (Å²) in [6, 6.07) is 9.86. The van der Waals surface area contributed by atoms with Crippen molar-refractivity contribution in [3.05, 3.63) is 89.4 Å². The summed E-state index contributed by atoms with van der Waals surface area (Å²) >= 11 is 0. The van der Waals surface area contributed by atoms with Crippen molar-refractivity contribution in [3.63, 3.8) is 0 Å². The van der Waals surface area contributed by atoms with Crippen LogP contribution in [0.2, 0.25) is 0 Å². The van der Waals surface area contributed by atoms with Crippen molar-refractivity contribution in [2.45, 2.75) is 20.8 Å². The molecule has 5 rings (SSSR count). The molecule has 10 heteroatoms. The second kappa shape index (κ2) is 9.06. The number of ether oxygens (including phenoxy) is 1. The number of nitrogens with zero attached hydrogens (tertiary/aromatic N) is 5. The number of nitrogens with one attached hydrogen (secondary N) is 1. The normalized spacial score (nSPS) is 11.0. The Morgan fingerprint density at radius 2 is 1.72 bits per heavy atom. The van der Waals surface area contributed by atoms with Crippen LogP contribution in [0.1, 0.15) is 27.2 Å². The van der Waals surface area contributed by atoms with Gasteiger partial charge in [-0.15, -0.1) is 0 Å². The number of rotatable bonds is 5. The number of carbonyl (C=O) groups is 1. The highest BCUT2D eigenvalue weighted by Gasteiger charge is 2.17. The van der Waals surface area contributed by atoms with Crippen LogP contribution in [0.15, 0.2) is 61.2 Å². The maximum Gasteiger partial charge on any atom is 0.276 e. The van der Waals surface area contributed by atoms with Gasteiger partial charge in [0.1, 0.15) is 11.4 Å². The number of hydrogen-bond donors (Lipinski definition) is 2. The molecule has 0 saturated carbocycles. The SMILES string of the molecule is Cc1cc2nccc(Oc3ccc(NC(=O)c4nn(-c5cnc(N)nc5)cc4C)cc3F)c2cc1C. The third-order valence-electron chi connectivity index (χ3n) is 5.76. The fourth-order valence-electron chi connectivity index (χ4n) is 3.71. The first-order chi connectivity index (χ1) is 17.3. The van der Waals surface area contributed by atoms with E-state index in [0.29, 0.717) is 17.0 Å². The van der Waals surface area contributed by atoms with Crippen LogP contribution in [0, 0.1) is 26.6 Å². The van der Waals surface area contributed by atoms with E-state index in [2.05, 4.69) is 25.4 Å². The molecule has 180 valence electrons. The molecule has 1 amide bonds. The predicted molar refractivity (Wildman–Crippen MR) is 134 cm³/mol. The summed E-state index contributed by atoms with van der Waals surface area (Å²) in [6.07, 6.45) is 6.29. The van der Waals surface area contributed by atoms with E-state index in [1.807, 2.05) is 26.0 Å². The first-order valence-electron chi connectivity index (χ1n) is 11.1. The molecular weight excluding hydrogens is 461 g/mol. The molecule has 0 aliphatic heterocycles. The van der Waals surface area contributed by atoms with Crippen LogP contribution in [0.5, 0.6) is 11.5 Å². The number of benzene rings is 2. The van der Waals surface area contributed by atoms with Crippen LogP contribution in [0.4, 0.5) is 16.0 Å². The maximum atomic E-state index is 14.9. The highest BCUT2D eigenvalue weighted by atomic mass is 19.1. The molecule has 0 saturated heterocycles. The van der Waals surface area contributed by atoms with E-state index in [4.69, 9.17) is 10.5 Å². The Kier molecular flexibility index (Phi) is 5.77. The molecule has 0 unspecified atom stereocenters. The minimum Gasteiger partial charge on any atom is -0.454 e. The van der Waals surface area contributed by atoms with Crippen molar-refractivity contribution >= 4 is 28.4 Å². The van der Waals surface area contributed by atoms with Gasteiger partial charge in [-0.1, -0.05) is 0 Å². The average molecular weight is 484 g/mol. The zero-order chi connectivity index (χ0) is 25.4. The Morgan fingerprint density at radius 1 is 0.972 bits per heavy atom. The van der Waals surface area contributed by atoms with Gasteiger partial charge in [0.15, 0.2) is 17.3 Å². The second-order valence-corrected chi connectivity index (χ2v) is 8.37. The predicted octanol–water partition coefficient (Wildman–Crippen LogP) is 4.90. The molecule has 0 atom stereocenters. The van der Waals surface area contributed by atoms with E-state index >= 15 is 0 Å². The minimum atomic E-state index is -0.622. The molecule has 0 fully saturated rings. The van der Waals surface area contributed by atoms with Crippen LogP contribution in [0.25, 0.3) is 16.6 Å². The number of hydrogen-bond acceptors (Lipinski definition) is 7. The number of fused-ring (bicyclic) bond motifs is 1. The Balaban J connectivity index is 1.35. The van der Waals surface area contributed by atoms with Crippen molar-refractivity contribution in [1.82, 2.24) is 24.7 Å². The van der Waals surface area contributed by atoms with E-state index in [9.17, 15) is 9.18 Å². The molecule has 36 heavy (non-hydrogen) atoms. The van der Waals surface area contributed by atoms with Crippen molar-refractivity contribution < 1.29 is 13.9 Å². The molecule has 3 aromatic heterocycles. The average Bonchev–Trinajstić information content (AvgIpc) is 3.24. The fourth-order valence-corrected chi connectivity index (χ4v) is 3.71. The molecule has 0 aliphatic rings. The Morgan fingerprint density at radius 3 is 2.47 bits per heavy atom. The zero-order valence-corrected chi connectivity index (χ0v) is 19.8. The van der Waals surface area contributed by atoms with Crippen LogP contribution in [0.3, 0.4) is 0 Å². The molecule has 3 heterocycles. The molecule has 0 bridgehead atoms. The number of carbonyl (C=O) groups excluding carboxylic acids is 1. The third-order valence-corrected chi connectivity index (χ3v) is 5.76. The summed E-state index contributed by atoms with van der Waals surface area (Å²) in [7, 11) is 0. The van der Waals surface area contributed by atoms with E-state index in [1.165, 1.54) is 29.2 Å². The third kappa shape index (κ3) is 4.43. The van der Waals surface area contributed by atoms with Crippen LogP contribution in [-0.2, 0) is 0 Å². The molecule has 2 aromatic carbocycles. The Hall–Kier alpha value is -4.86. The van der Waals surface area contributed by atoms with Crippen molar-refractivity contribution in [3.8, 4) is 17.2 Å². The molecular formula is C26H22FN7O2. The quantitative estimate of drug-likeness (QED) is 0.365. The van der Waals surface area contributed by atoms with Crippen molar-refractivity contribution in [2.24, 2.45) is 0 Å². The van der Waals surface area contributed by atoms with E-state index < -0.39 is 11.7 Å². The molecule has 0 aliphatic carbocycles. The largest absolute Gasteiger partial charge is 0.454 e. The number of halogens is 1. The first kappa shape index (κ1) is 22.9. The van der Waals surface area contributed by atoms with Gasteiger partial charge in [-0.2, -0.15) is 5.10 Å². The lowest BCUT2D eigenvalue weighted by Gasteiger charge is -2.12. The lowest BCUT2D eigenvalue weighted by Crippen LogP contribution is -2.14. The standard InChI is InChI=1S/C26H22FN7O2/c1-14-8-19-21(9-15(14)2)29-7-6-22(19)36-23-5-4-17(10-20(23)27)32-25(35)24-16(3)13-34(33-24)18-11-30-26(28)31-12-18/h4-13H,1-3H3,(H,32,35)(H2,28,30,31). The van der Waals surface area contributed by atoms with Gasteiger partial charge in [0.25, 0.3) is 5.91 Å². The number of pyridine rings is 1. The highest BCUT2D eigenvalue weighted by molar-refractivity contribution is 6.03. The Bertz CT molecular complexity index is 1610. The molecule has 0 spiro atoms. The van der Waals surface area contributed by atoms with Gasteiger partial charge in [-0.3, -0.25) is 9.78 Å². The second-order valence-electron chi connectivity index (χ2n) is 8.37. The number of anilines is 2. The topological polar surface area (TPSA) is 121 Å². The van der Waals surface area contributed by atoms with Gasteiger partial charge >= 0.3 is 0 Å². The van der Waals surface area contributed by atoms with Gasteiger partial charge in [-0.25, -0.2) is 19.0 Å². The van der Waals surface area contributed by atoms with Crippen LogP contribution in [-0.4, -0.2) is 30.6 Å². The molecule has 3 N–H and O–H groups in total. The highest BCUT2D eigenvalue weighted by Crippen LogP contribution is 2.32. The number of nitrogens with two attached hydrogens (primary N) is 1. The number of aromatic nitrogens is 5. The Labute approximate surface area is 205 Å². The lowest BCUT2D eigenvalue weighted by molar-refractivity contribution is 0.102. The number of nitrogen functional groups attached to an aromatic ring is 1. The minimum absolute atomic E-state index is 0.0301. The molecule has 5 aromatic rings. The van der Waals surface area contributed by atoms with E-state index in [1.54, 1.807) is 31.5 Å². The van der Waals surface area contributed by atoms with Gasteiger partial charge in [0.05, 0.1) is 17.9 Å². The molecule has 9 nitrogen and oxygen atoms in total. The monoisotopic (exact) mass is 483 g/mol. The summed E-state index contributed by atoms with van der Waals surface area (Å²) < 4.78 is 22.3. The lowest BCUT2D eigenvalue weighted by atomic mass is 10.1. The zero-order valence-electron chi connectivity index (χ0n) is 19.8. The molecule has 0 radical (unpaired) electrons. The summed E-state index contributed by atoms with van der Waals surface area (Å²) in [5.74, 6) is -0.448. The summed E-state index contributed by atoms with van der Waals surface area (Å²) in [5, 5.41) is 7.77. The maximum absolute atomic E-state index is 14.9. The number of aryl methyl sites for hydroxylation is 3. The van der Waals surface area contributed by atoms with Gasteiger partial charge in [-0.05, 0) is 62.2 Å². The van der Waals surface area contributed by atoms with Crippen LogP contribution >= 0.6 is 0 Å². The summed E-state index contributed by atoms with van der Waals surface area (Å²) in [6.45, 7) is 5.75. The van der Waals surface area contributed by atoms with E-state index in [0.717, 1.165) is 22.0 Å². The van der Waals surface area contributed by atoms with Crippen LogP contribution < -0.4 is 15.8 Å². The van der Waals surface area contributed by atoms with Gasteiger partial charge in [0, 0.05) is 35.1 Å². The van der Waals surface area contributed by atoms with Gasteiger partial charge in [0.2, 0.25) is 5.95 Å².